The number of nitrogens with zero attached hydrogens (tertiary/aromatic N) is 1. The average molecular weight is 217 g/mol. The van der Waals surface area contributed by atoms with E-state index in [1.807, 2.05) is 19.1 Å². The van der Waals surface area contributed by atoms with E-state index in [1.54, 1.807) is 12.3 Å². The summed E-state index contributed by atoms with van der Waals surface area (Å²) < 4.78 is 0. The zero-order chi connectivity index (χ0) is 9.84. The Morgan fingerprint density at radius 1 is 1.54 bits per heavy atom. The van der Waals surface area contributed by atoms with E-state index in [1.165, 1.54) is 0 Å². The quantitative estimate of drug-likeness (QED) is 0.773. The minimum absolute atomic E-state index is 0.0226. The van der Waals surface area contributed by atoms with E-state index in [9.17, 15) is 0 Å². The van der Waals surface area contributed by atoms with Crippen molar-refractivity contribution in [1.29, 1.82) is 0 Å². The molecule has 0 amide bonds. The van der Waals surface area contributed by atoms with Crippen molar-refractivity contribution in [1.82, 2.24) is 4.98 Å². The van der Waals surface area contributed by atoms with Crippen LogP contribution in [0.25, 0.3) is 6.08 Å². The third-order valence-electron chi connectivity index (χ3n) is 1.41. The fraction of sp³-hybridized carbons (Fsp3) is 0.222. The molecule has 0 aliphatic heterocycles. The fourth-order valence-corrected chi connectivity index (χ4v) is 1.07. The van der Waals surface area contributed by atoms with Crippen molar-refractivity contribution in [3.8, 4) is 0 Å². The molecule has 13 heavy (non-hydrogen) atoms. The summed E-state index contributed by atoms with van der Waals surface area (Å²) in [5, 5.41) is 0.771. The molecule has 0 aromatic carbocycles. The van der Waals surface area contributed by atoms with Crippen molar-refractivity contribution in [3.05, 3.63) is 34.1 Å². The number of aromatic nitrogens is 1. The highest BCUT2D eigenvalue weighted by atomic mass is 35.5. The number of hydrogen-bond donors (Lipinski definition) is 1. The van der Waals surface area contributed by atoms with Gasteiger partial charge < -0.3 is 5.73 Å². The molecule has 0 saturated heterocycles. The number of hydrogen-bond acceptors (Lipinski definition) is 2. The first-order chi connectivity index (χ1) is 6.09. The monoisotopic (exact) mass is 216 g/mol. The van der Waals surface area contributed by atoms with Gasteiger partial charge in [-0.2, -0.15) is 0 Å². The molecule has 0 aliphatic carbocycles. The highest BCUT2D eigenvalue weighted by Gasteiger charge is 1.97. The molecular formula is C9H10Cl2N2. The molecule has 70 valence electrons. The predicted octanol–water partition coefficient (Wildman–Crippen LogP) is 2.75. The van der Waals surface area contributed by atoms with E-state index in [0.717, 1.165) is 5.56 Å². The molecule has 2 N–H and O–H groups in total. The molecule has 0 radical (unpaired) electrons. The summed E-state index contributed by atoms with van der Waals surface area (Å²) in [6.07, 6.45) is 5.37. The summed E-state index contributed by atoms with van der Waals surface area (Å²) in [6.45, 7) is 1.89. The maximum Gasteiger partial charge on any atom is 0.147 e. The molecule has 1 rings (SSSR count). The van der Waals surface area contributed by atoms with Crippen LogP contribution in [-0.2, 0) is 0 Å². The summed E-state index contributed by atoms with van der Waals surface area (Å²) in [5.41, 5.74) is 6.44. The van der Waals surface area contributed by atoms with Crippen LogP contribution in [0.15, 0.2) is 18.3 Å². The van der Waals surface area contributed by atoms with Crippen LogP contribution in [0.3, 0.4) is 0 Å². The van der Waals surface area contributed by atoms with Gasteiger partial charge in [0.2, 0.25) is 0 Å². The molecule has 0 saturated carbocycles. The standard InChI is InChI=1S/C9H10Cl2N2/c1-6(12)2-3-7-4-8(10)9(11)13-5-7/h2-6H,12H2,1H3/b3-2+. The molecule has 0 bridgehead atoms. The van der Waals surface area contributed by atoms with E-state index in [2.05, 4.69) is 4.98 Å². The van der Waals surface area contributed by atoms with Gasteiger partial charge in [-0.1, -0.05) is 35.4 Å². The number of pyridine rings is 1. The van der Waals surface area contributed by atoms with Crippen LogP contribution in [0, 0.1) is 0 Å². The predicted molar refractivity (Wildman–Crippen MR) is 56.9 cm³/mol. The minimum atomic E-state index is 0.0226. The zero-order valence-electron chi connectivity index (χ0n) is 7.17. The number of rotatable bonds is 2. The van der Waals surface area contributed by atoms with Crippen LogP contribution in [0.1, 0.15) is 12.5 Å². The SMILES string of the molecule is CC(N)/C=C/c1cnc(Cl)c(Cl)c1. The van der Waals surface area contributed by atoms with E-state index >= 15 is 0 Å². The van der Waals surface area contributed by atoms with Crippen LogP contribution in [0.2, 0.25) is 10.2 Å². The van der Waals surface area contributed by atoms with Crippen LogP contribution >= 0.6 is 23.2 Å². The smallest absolute Gasteiger partial charge is 0.147 e. The summed E-state index contributed by atoms with van der Waals surface area (Å²) in [6, 6.07) is 1.77. The Morgan fingerprint density at radius 3 is 2.77 bits per heavy atom. The van der Waals surface area contributed by atoms with Crippen molar-refractivity contribution in [2.75, 3.05) is 0 Å². The Bertz CT molecular complexity index is 321. The van der Waals surface area contributed by atoms with Gasteiger partial charge in [0, 0.05) is 12.2 Å². The van der Waals surface area contributed by atoms with Crippen molar-refractivity contribution < 1.29 is 0 Å². The summed E-state index contributed by atoms with van der Waals surface area (Å²) in [5.74, 6) is 0. The molecule has 1 aromatic heterocycles. The number of halogens is 2. The molecular weight excluding hydrogens is 207 g/mol. The van der Waals surface area contributed by atoms with E-state index in [-0.39, 0.29) is 6.04 Å². The van der Waals surface area contributed by atoms with Crippen molar-refractivity contribution in [3.63, 3.8) is 0 Å². The van der Waals surface area contributed by atoms with E-state index in [4.69, 9.17) is 28.9 Å². The lowest BCUT2D eigenvalue weighted by molar-refractivity contribution is 0.930. The zero-order valence-corrected chi connectivity index (χ0v) is 8.68. The molecule has 1 atom stereocenters. The second kappa shape index (κ2) is 4.61. The third kappa shape index (κ3) is 3.35. The van der Waals surface area contributed by atoms with Gasteiger partial charge >= 0.3 is 0 Å². The fourth-order valence-electron chi connectivity index (χ4n) is 0.790. The van der Waals surface area contributed by atoms with Crippen molar-refractivity contribution in [2.24, 2.45) is 5.73 Å². The first-order valence-electron chi connectivity index (χ1n) is 3.84. The van der Waals surface area contributed by atoms with Crippen molar-refractivity contribution in [2.45, 2.75) is 13.0 Å². The minimum Gasteiger partial charge on any atom is -0.325 e. The van der Waals surface area contributed by atoms with E-state index < -0.39 is 0 Å². The molecule has 1 heterocycles. The first-order valence-corrected chi connectivity index (χ1v) is 4.60. The van der Waals surface area contributed by atoms with Gasteiger partial charge in [-0.15, -0.1) is 0 Å². The lowest BCUT2D eigenvalue weighted by Crippen LogP contribution is -2.09. The highest BCUT2D eigenvalue weighted by molar-refractivity contribution is 6.41. The molecule has 1 aromatic rings. The van der Waals surface area contributed by atoms with Gasteiger partial charge in [0.1, 0.15) is 5.15 Å². The molecule has 4 heteroatoms. The Balaban J connectivity index is 2.85. The Kier molecular flexibility index (Phi) is 3.72. The topological polar surface area (TPSA) is 38.9 Å². The van der Waals surface area contributed by atoms with Crippen LogP contribution < -0.4 is 5.73 Å². The summed E-state index contributed by atoms with van der Waals surface area (Å²) in [4.78, 5) is 3.90. The Morgan fingerprint density at radius 2 is 2.23 bits per heavy atom. The second-order valence-electron chi connectivity index (χ2n) is 2.76. The maximum absolute atomic E-state index is 5.77. The Hall–Kier alpha value is -0.570. The Labute approximate surface area is 87.4 Å². The number of nitrogens with two attached hydrogens (primary N) is 1. The van der Waals surface area contributed by atoms with Gasteiger partial charge in [0.15, 0.2) is 0 Å². The maximum atomic E-state index is 5.77. The summed E-state index contributed by atoms with van der Waals surface area (Å²) >= 11 is 11.4. The lowest BCUT2D eigenvalue weighted by atomic mass is 10.2. The van der Waals surface area contributed by atoms with Crippen LogP contribution in [-0.4, -0.2) is 11.0 Å². The first kappa shape index (κ1) is 10.5. The highest BCUT2D eigenvalue weighted by Crippen LogP contribution is 2.20. The van der Waals surface area contributed by atoms with Gasteiger partial charge in [-0.25, -0.2) is 4.98 Å². The van der Waals surface area contributed by atoms with Crippen LogP contribution in [0.4, 0.5) is 0 Å². The van der Waals surface area contributed by atoms with Gasteiger partial charge in [0.05, 0.1) is 5.02 Å². The van der Waals surface area contributed by atoms with Crippen molar-refractivity contribution >= 4 is 29.3 Å². The molecule has 2 nitrogen and oxygen atoms in total. The van der Waals surface area contributed by atoms with Gasteiger partial charge in [-0.3, -0.25) is 0 Å². The molecule has 0 fully saturated rings. The lowest BCUT2D eigenvalue weighted by Gasteiger charge is -1.97. The third-order valence-corrected chi connectivity index (χ3v) is 2.10. The molecule has 0 aliphatic rings. The largest absolute Gasteiger partial charge is 0.325 e. The molecule has 0 spiro atoms. The second-order valence-corrected chi connectivity index (χ2v) is 3.52. The summed E-state index contributed by atoms with van der Waals surface area (Å²) in [7, 11) is 0. The van der Waals surface area contributed by atoms with Gasteiger partial charge in [0.25, 0.3) is 0 Å². The van der Waals surface area contributed by atoms with E-state index in [0.29, 0.717) is 10.2 Å². The molecule has 1 unspecified atom stereocenters. The van der Waals surface area contributed by atoms with Crippen LogP contribution in [0.5, 0.6) is 0 Å². The van der Waals surface area contributed by atoms with Gasteiger partial charge in [-0.05, 0) is 18.6 Å². The average Bonchev–Trinajstić information content (AvgIpc) is 2.07. The normalized spacial score (nSPS) is 13.5.